The number of nitrogens with two attached hydrogens (primary N) is 1. The van der Waals surface area contributed by atoms with E-state index >= 15 is 0 Å². The number of hydrogen-bond acceptors (Lipinski definition) is 4. The highest BCUT2D eigenvalue weighted by Crippen LogP contribution is 2.55. The lowest BCUT2D eigenvalue weighted by molar-refractivity contribution is 0.322. The Bertz CT molecular complexity index is 845. The standard InChI is InChI=1S/C19H15FN4/c20-13-7-5-12(6-8-13)17-14-3-1-2-4-15(14)18(24)16(9-21)19(17,10-22)11-23/h4-8,14,17H,1-3,24H2/t14-,17+/m0/s1. The molecule has 0 unspecified atom stereocenters. The quantitative estimate of drug-likeness (QED) is 0.857. The number of nitrogens with zero attached hydrogens (tertiary/aromatic N) is 3. The summed E-state index contributed by atoms with van der Waals surface area (Å²) in [6, 6.07) is 11.9. The maximum absolute atomic E-state index is 13.3. The van der Waals surface area contributed by atoms with Crippen molar-refractivity contribution in [3.8, 4) is 18.2 Å². The summed E-state index contributed by atoms with van der Waals surface area (Å²) in [5, 5.41) is 29.2. The topological polar surface area (TPSA) is 97.4 Å². The summed E-state index contributed by atoms with van der Waals surface area (Å²) in [7, 11) is 0. The van der Waals surface area contributed by atoms with Gasteiger partial charge in [0.25, 0.3) is 0 Å². The average molecular weight is 318 g/mol. The van der Waals surface area contributed by atoms with Gasteiger partial charge in [-0.25, -0.2) is 4.39 Å². The molecular weight excluding hydrogens is 303 g/mol. The Morgan fingerprint density at radius 2 is 1.79 bits per heavy atom. The van der Waals surface area contributed by atoms with Gasteiger partial charge in [0.2, 0.25) is 0 Å². The summed E-state index contributed by atoms with van der Waals surface area (Å²) in [4.78, 5) is 0. The molecule has 24 heavy (non-hydrogen) atoms. The van der Waals surface area contributed by atoms with Crippen LogP contribution in [-0.4, -0.2) is 0 Å². The van der Waals surface area contributed by atoms with Crippen molar-refractivity contribution in [3.05, 3.63) is 58.6 Å². The highest BCUT2D eigenvalue weighted by atomic mass is 19.1. The van der Waals surface area contributed by atoms with Crippen molar-refractivity contribution in [1.82, 2.24) is 0 Å². The van der Waals surface area contributed by atoms with Crippen LogP contribution in [-0.2, 0) is 0 Å². The van der Waals surface area contributed by atoms with Gasteiger partial charge in [-0.05, 0) is 48.4 Å². The van der Waals surface area contributed by atoms with Crippen LogP contribution in [0.3, 0.4) is 0 Å². The summed E-state index contributed by atoms with van der Waals surface area (Å²) >= 11 is 0. The Morgan fingerprint density at radius 3 is 2.38 bits per heavy atom. The van der Waals surface area contributed by atoms with E-state index in [1.54, 1.807) is 12.1 Å². The predicted octanol–water partition coefficient (Wildman–Crippen LogP) is 3.42. The van der Waals surface area contributed by atoms with Crippen molar-refractivity contribution in [3.63, 3.8) is 0 Å². The fourth-order valence-corrected chi connectivity index (χ4v) is 3.95. The number of halogens is 1. The maximum atomic E-state index is 13.3. The van der Waals surface area contributed by atoms with Crippen molar-refractivity contribution in [2.75, 3.05) is 0 Å². The van der Waals surface area contributed by atoms with E-state index in [0.29, 0.717) is 5.56 Å². The molecule has 0 spiro atoms. The van der Waals surface area contributed by atoms with Gasteiger partial charge in [0.05, 0.1) is 29.5 Å². The van der Waals surface area contributed by atoms with Crippen LogP contribution in [0, 0.1) is 51.1 Å². The van der Waals surface area contributed by atoms with Crippen LogP contribution in [0.15, 0.2) is 47.2 Å². The number of rotatable bonds is 1. The minimum absolute atomic E-state index is 0.00576. The average Bonchev–Trinajstić information content (AvgIpc) is 2.62. The Balaban J connectivity index is 2.32. The van der Waals surface area contributed by atoms with Crippen LogP contribution in [0.1, 0.15) is 30.7 Å². The largest absolute Gasteiger partial charge is 0.398 e. The van der Waals surface area contributed by atoms with Crippen LogP contribution in [0.2, 0.25) is 0 Å². The van der Waals surface area contributed by atoms with Crippen molar-refractivity contribution in [1.29, 1.82) is 15.8 Å². The molecule has 2 atom stereocenters. The predicted molar refractivity (Wildman–Crippen MR) is 85.1 cm³/mol. The fourth-order valence-electron chi connectivity index (χ4n) is 3.95. The van der Waals surface area contributed by atoms with E-state index < -0.39 is 11.3 Å². The van der Waals surface area contributed by atoms with Crippen molar-refractivity contribution < 1.29 is 4.39 Å². The Labute approximate surface area is 139 Å². The van der Waals surface area contributed by atoms with E-state index in [1.165, 1.54) is 12.1 Å². The maximum Gasteiger partial charge on any atom is 0.187 e. The third-order valence-electron chi connectivity index (χ3n) is 5.02. The molecular formula is C19H15FN4. The van der Waals surface area contributed by atoms with E-state index in [-0.39, 0.29) is 23.0 Å². The van der Waals surface area contributed by atoms with Crippen LogP contribution in [0.5, 0.6) is 0 Å². The molecule has 0 saturated carbocycles. The minimum Gasteiger partial charge on any atom is -0.398 e. The van der Waals surface area contributed by atoms with Gasteiger partial charge in [-0.1, -0.05) is 18.2 Å². The lowest BCUT2D eigenvalue weighted by Crippen LogP contribution is -2.41. The SMILES string of the molecule is N#CC1=C(N)C2=CCCC[C@@H]2[C@@H](c2ccc(F)cc2)C1(C#N)C#N. The molecule has 5 heteroatoms. The zero-order valence-corrected chi connectivity index (χ0v) is 13.0. The van der Waals surface area contributed by atoms with Gasteiger partial charge in [0.15, 0.2) is 5.41 Å². The third kappa shape index (κ3) is 2.08. The molecule has 1 aromatic carbocycles. The molecule has 118 valence electrons. The molecule has 0 aromatic heterocycles. The fraction of sp³-hybridized carbons (Fsp3) is 0.316. The minimum atomic E-state index is -1.66. The summed E-state index contributed by atoms with van der Waals surface area (Å²) in [5.74, 6) is -1.05. The van der Waals surface area contributed by atoms with Gasteiger partial charge in [0.1, 0.15) is 5.82 Å². The molecule has 2 aliphatic carbocycles. The van der Waals surface area contributed by atoms with Crippen LogP contribution in [0.25, 0.3) is 0 Å². The first-order valence-corrected chi connectivity index (χ1v) is 7.77. The lowest BCUT2D eigenvalue weighted by atomic mass is 9.56. The first-order chi connectivity index (χ1) is 11.6. The molecule has 0 saturated heterocycles. The number of benzene rings is 1. The molecule has 4 nitrogen and oxygen atoms in total. The third-order valence-corrected chi connectivity index (χ3v) is 5.02. The first-order valence-electron chi connectivity index (χ1n) is 7.77. The number of allylic oxidation sites excluding steroid dienone is 3. The Kier molecular flexibility index (Phi) is 3.84. The molecule has 2 N–H and O–H groups in total. The van der Waals surface area contributed by atoms with Gasteiger partial charge in [-0.2, -0.15) is 15.8 Å². The molecule has 0 radical (unpaired) electrons. The number of nitriles is 3. The molecule has 0 bridgehead atoms. The molecule has 2 aliphatic rings. The van der Waals surface area contributed by atoms with Crippen LogP contribution >= 0.6 is 0 Å². The Hall–Kier alpha value is -3.10. The molecule has 0 aliphatic heterocycles. The van der Waals surface area contributed by atoms with E-state index in [9.17, 15) is 20.2 Å². The summed E-state index contributed by atoms with van der Waals surface area (Å²) in [6.07, 6.45) is 4.55. The lowest BCUT2D eigenvalue weighted by Gasteiger charge is -2.43. The van der Waals surface area contributed by atoms with Crippen molar-refractivity contribution in [2.45, 2.75) is 25.2 Å². The van der Waals surface area contributed by atoms with E-state index in [0.717, 1.165) is 24.8 Å². The van der Waals surface area contributed by atoms with Gasteiger partial charge in [-0.15, -0.1) is 0 Å². The number of hydrogen-bond donors (Lipinski definition) is 1. The first kappa shape index (κ1) is 15.8. The molecule has 0 amide bonds. The normalized spacial score (nSPS) is 24.8. The van der Waals surface area contributed by atoms with Crippen LogP contribution < -0.4 is 5.73 Å². The smallest absolute Gasteiger partial charge is 0.187 e. The van der Waals surface area contributed by atoms with Gasteiger partial charge in [-0.3, -0.25) is 0 Å². The molecule has 3 rings (SSSR count). The molecule has 1 aromatic rings. The second-order valence-corrected chi connectivity index (χ2v) is 6.16. The zero-order valence-electron chi connectivity index (χ0n) is 13.0. The van der Waals surface area contributed by atoms with E-state index in [2.05, 4.69) is 12.1 Å². The van der Waals surface area contributed by atoms with Crippen molar-refractivity contribution in [2.24, 2.45) is 17.1 Å². The second-order valence-electron chi connectivity index (χ2n) is 6.16. The summed E-state index contributed by atoms with van der Waals surface area (Å²) in [6.45, 7) is 0. The molecule has 0 fully saturated rings. The summed E-state index contributed by atoms with van der Waals surface area (Å²) < 4.78 is 13.3. The van der Waals surface area contributed by atoms with Crippen molar-refractivity contribution >= 4 is 0 Å². The Morgan fingerprint density at radius 1 is 1.12 bits per heavy atom. The van der Waals surface area contributed by atoms with Gasteiger partial charge >= 0.3 is 0 Å². The highest BCUT2D eigenvalue weighted by molar-refractivity contribution is 5.58. The highest BCUT2D eigenvalue weighted by Gasteiger charge is 2.54. The summed E-state index contributed by atoms with van der Waals surface area (Å²) in [5.41, 5.74) is 6.28. The second kappa shape index (κ2) is 5.84. The monoisotopic (exact) mass is 318 g/mol. The van der Waals surface area contributed by atoms with Crippen LogP contribution in [0.4, 0.5) is 4.39 Å². The van der Waals surface area contributed by atoms with Gasteiger partial charge < -0.3 is 5.73 Å². The molecule has 0 heterocycles. The zero-order chi connectivity index (χ0) is 17.3. The number of fused-ring (bicyclic) bond motifs is 1. The van der Waals surface area contributed by atoms with Gasteiger partial charge in [0, 0.05) is 5.92 Å². The van der Waals surface area contributed by atoms with E-state index in [1.807, 2.05) is 12.1 Å². The van der Waals surface area contributed by atoms with E-state index in [4.69, 9.17) is 5.73 Å².